The number of ether oxygens (including phenoxy) is 1. The Morgan fingerprint density at radius 2 is 1.60 bits per heavy atom. The molecule has 0 aliphatic heterocycles. The molecular formula is C13H6Br2F4O. The van der Waals surface area contributed by atoms with Gasteiger partial charge in [0, 0.05) is 4.47 Å². The van der Waals surface area contributed by atoms with E-state index in [1.54, 1.807) is 0 Å². The highest BCUT2D eigenvalue weighted by atomic mass is 79.9. The topological polar surface area (TPSA) is 9.23 Å². The van der Waals surface area contributed by atoms with Crippen LogP contribution in [0.25, 0.3) is 0 Å². The van der Waals surface area contributed by atoms with Crippen molar-refractivity contribution in [3.05, 3.63) is 62.0 Å². The van der Waals surface area contributed by atoms with Crippen LogP contribution in [0.2, 0.25) is 0 Å². The summed E-state index contributed by atoms with van der Waals surface area (Å²) in [5.41, 5.74) is -0.376. The molecular weight excluding hydrogens is 408 g/mol. The highest BCUT2D eigenvalue weighted by Gasteiger charge is 2.16. The Morgan fingerprint density at radius 1 is 0.900 bits per heavy atom. The zero-order valence-electron chi connectivity index (χ0n) is 9.69. The van der Waals surface area contributed by atoms with Gasteiger partial charge in [-0.2, -0.15) is 4.39 Å². The maximum absolute atomic E-state index is 13.7. The third-order valence-corrected chi connectivity index (χ3v) is 3.54. The third kappa shape index (κ3) is 3.15. The van der Waals surface area contributed by atoms with Gasteiger partial charge in [0.15, 0.2) is 11.6 Å². The molecule has 106 valence electrons. The van der Waals surface area contributed by atoms with Gasteiger partial charge in [0.05, 0.1) is 10.0 Å². The molecule has 0 aromatic heterocycles. The summed E-state index contributed by atoms with van der Waals surface area (Å²) in [6, 6.07) is 4.34. The van der Waals surface area contributed by atoms with Gasteiger partial charge in [0.1, 0.15) is 18.2 Å². The van der Waals surface area contributed by atoms with Crippen molar-refractivity contribution in [1.82, 2.24) is 0 Å². The molecule has 1 nitrogen and oxygen atoms in total. The number of benzene rings is 2. The van der Waals surface area contributed by atoms with E-state index in [1.807, 2.05) is 0 Å². The van der Waals surface area contributed by atoms with Crippen LogP contribution >= 0.6 is 31.9 Å². The minimum absolute atomic E-state index is 0.0541. The van der Waals surface area contributed by atoms with E-state index < -0.39 is 35.6 Å². The van der Waals surface area contributed by atoms with Crippen molar-refractivity contribution in [2.75, 3.05) is 0 Å². The van der Waals surface area contributed by atoms with Gasteiger partial charge in [-0.05, 0) is 40.2 Å². The first-order valence-electron chi connectivity index (χ1n) is 5.30. The summed E-state index contributed by atoms with van der Waals surface area (Å²) in [4.78, 5) is 0. The Balaban J connectivity index is 2.28. The van der Waals surface area contributed by atoms with E-state index in [2.05, 4.69) is 31.9 Å². The molecule has 0 fully saturated rings. The maximum Gasteiger partial charge on any atom is 0.200 e. The van der Waals surface area contributed by atoms with E-state index in [9.17, 15) is 17.6 Å². The van der Waals surface area contributed by atoms with Gasteiger partial charge in [0.2, 0.25) is 5.82 Å². The van der Waals surface area contributed by atoms with Crippen LogP contribution in [0.15, 0.2) is 33.2 Å². The Bertz CT molecular complexity index is 661. The molecule has 0 aliphatic rings. The average molecular weight is 414 g/mol. The van der Waals surface area contributed by atoms with Gasteiger partial charge in [-0.25, -0.2) is 13.2 Å². The zero-order valence-corrected chi connectivity index (χ0v) is 12.9. The minimum atomic E-state index is -1.22. The molecule has 0 saturated heterocycles. The fourth-order valence-electron chi connectivity index (χ4n) is 1.49. The zero-order chi connectivity index (χ0) is 14.9. The van der Waals surface area contributed by atoms with Crippen molar-refractivity contribution in [1.29, 1.82) is 0 Å². The summed E-state index contributed by atoms with van der Waals surface area (Å²) in [5, 5.41) is 0. The van der Waals surface area contributed by atoms with Crippen molar-refractivity contribution in [3.8, 4) is 5.75 Å². The Morgan fingerprint density at radius 3 is 2.30 bits per heavy atom. The molecule has 0 amide bonds. The first-order valence-corrected chi connectivity index (χ1v) is 6.88. The van der Waals surface area contributed by atoms with Crippen LogP contribution in [0.1, 0.15) is 5.56 Å². The first kappa shape index (κ1) is 15.3. The molecule has 0 unspecified atom stereocenters. The molecule has 0 spiro atoms. The molecule has 20 heavy (non-hydrogen) atoms. The van der Waals surface area contributed by atoms with Crippen LogP contribution in [0.5, 0.6) is 5.75 Å². The highest BCUT2D eigenvalue weighted by molar-refractivity contribution is 9.10. The quantitative estimate of drug-likeness (QED) is 0.487. The SMILES string of the molecule is Fc1cc(Br)cc(OCc2c(F)ccc(Br)c2F)c1F. The van der Waals surface area contributed by atoms with Gasteiger partial charge in [-0.3, -0.25) is 0 Å². The van der Waals surface area contributed by atoms with Gasteiger partial charge in [-0.15, -0.1) is 0 Å². The molecule has 0 N–H and O–H groups in total. The molecule has 0 atom stereocenters. The van der Waals surface area contributed by atoms with E-state index in [4.69, 9.17) is 4.74 Å². The molecule has 7 heteroatoms. The van der Waals surface area contributed by atoms with Crippen LogP contribution in [0, 0.1) is 23.3 Å². The van der Waals surface area contributed by atoms with Crippen molar-refractivity contribution in [2.45, 2.75) is 6.61 Å². The summed E-state index contributed by atoms with van der Waals surface area (Å²) in [6.45, 7) is -0.566. The van der Waals surface area contributed by atoms with Gasteiger partial charge >= 0.3 is 0 Å². The molecule has 0 bridgehead atoms. The van der Waals surface area contributed by atoms with E-state index in [1.165, 1.54) is 12.1 Å². The third-order valence-electron chi connectivity index (χ3n) is 2.47. The predicted octanol–water partition coefficient (Wildman–Crippen LogP) is 5.35. The van der Waals surface area contributed by atoms with E-state index in [0.717, 1.165) is 12.1 Å². The van der Waals surface area contributed by atoms with Crippen LogP contribution in [-0.2, 0) is 6.61 Å². The number of hydrogen-bond donors (Lipinski definition) is 0. The summed E-state index contributed by atoms with van der Waals surface area (Å²) >= 11 is 5.88. The Hall–Kier alpha value is -1.08. The van der Waals surface area contributed by atoms with Crippen molar-refractivity contribution < 1.29 is 22.3 Å². The second kappa shape index (κ2) is 6.13. The molecule has 0 aliphatic carbocycles. The normalized spacial score (nSPS) is 10.7. The molecule has 2 aromatic rings. The molecule has 2 aromatic carbocycles. The summed E-state index contributed by atoms with van der Waals surface area (Å²) in [5.74, 6) is -4.45. The molecule has 0 radical (unpaired) electrons. The van der Waals surface area contributed by atoms with Crippen molar-refractivity contribution in [2.24, 2.45) is 0 Å². The number of hydrogen-bond acceptors (Lipinski definition) is 1. The molecule has 0 heterocycles. The predicted molar refractivity (Wildman–Crippen MR) is 72.4 cm³/mol. The lowest BCUT2D eigenvalue weighted by Crippen LogP contribution is -2.04. The largest absolute Gasteiger partial charge is 0.485 e. The van der Waals surface area contributed by atoms with Crippen molar-refractivity contribution >= 4 is 31.9 Å². The van der Waals surface area contributed by atoms with Gasteiger partial charge in [0.25, 0.3) is 0 Å². The van der Waals surface area contributed by atoms with E-state index in [-0.39, 0.29) is 14.5 Å². The second-order valence-electron chi connectivity index (χ2n) is 3.81. The lowest BCUT2D eigenvalue weighted by Gasteiger charge is -2.10. The average Bonchev–Trinajstić information content (AvgIpc) is 2.39. The fourth-order valence-corrected chi connectivity index (χ4v) is 2.27. The van der Waals surface area contributed by atoms with Crippen molar-refractivity contribution in [3.63, 3.8) is 0 Å². The molecule has 0 saturated carbocycles. The van der Waals surface area contributed by atoms with E-state index in [0.29, 0.717) is 0 Å². The van der Waals surface area contributed by atoms with Gasteiger partial charge in [-0.1, -0.05) is 15.9 Å². The summed E-state index contributed by atoms with van der Waals surface area (Å²) in [7, 11) is 0. The lowest BCUT2D eigenvalue weighted by molar-refractivity contribution is 0.273. The highest BCUT2D eigenvalue weighted by Crippen LogP contribution is 2.28. The smallest absolute Gasteiger partial charge is 0.200 e. The van der Waals surface area contributed by atoms with Crippen LogP contribution in [-0.4, -0.2) is 0 Å². The van der Waals surface area contributed by atoms with E-state index >= 15 is 0 Å². The fraction of sp³-hybridized carbons (Fsp3) is 0.0769. The number of halogens is 6. The van der Waals surface area contributed by atoms with Crippen LogP contribution in [0.3, 0.4) is 0 Å². The lowest BCUT2D eigenvalue weighted by atomic mass is 10.2. The van der Waals surface area contributed by atoms with Crippen LogP contribution in [0.4, 0.5) is 17.6 Å². The summed E-state index contributed by atoms with van der Waals surface area (Å²) in [6.07, 6.45) is 0. The maximum atomic E-state index is 13.7. The van der Waals surface area contributed by atoms with Gasteiger partial charge < -0.3 is 4.74 Å². The molecule has 2 rings (SSSR count). The monoisotopic (exact) mass is 412 g/mol. The first-order chi connectivity index (χ1) is 9.40. The van der Waals surface area contributed by atoms with Crippen LogP contribution < -0.4 is 4.74 Å². The standard InChI is InChI=1S/C13H6Br2F4O/c14-6-3-10(17)13(19)11(4-6)20-5-7-9(16)2-1-8(15)12(7)18/h1-4H,5H2. The number of rotatable bonds is 3. The Kier molecular flexibility index (Phi) is 4.70. The Labute approximate surface area is 128 Å². The second-order valence-corrected chi connectivity index (χ2v) is 5.58. The summed E-state index contributed by atoms with van der Waals surface area (Å²) < 4.78 is 59.0. The minimum Gasteiger partial charge on any atom is -0.485 e.